The van der Waals surface area contributed by atoms with Gasteiger partial charge < -0.3 is 9.64 Å². The third kappa shape index (κ3) is 4.46. The van der Waals surface area contributed by atoms with Gasteiger partial charge in [-0.3, -0.25) is 9.36 Å². The number of halogens is 2. The molecule has 2 aromatic carbocycles. The summed E-state index contributed by atoms with van der Waals surface area (Å²) < 4.78 is 21.3. The number of aryl methyl sites for hydroxylation is 2. The van der Waals surface area contributed by atoms with E-state index in [1.165, 1.54) is 18.2 Å². The second kappa shape index (κ2) is 9.01. The summed E-state index contributed by atoms with van der Waals surface area (Å²) in [7, 11) is 0. The van der Waals surface area contributed by atoms with Gasteiger partial charge in [-0.05, 0) is 44.2 Å². The first kappa shape index (κ1) is 21.8. The predicted molar refractivity (Wildman–Crippen MR) is 121 cm³/mol. The van der Waals surface area contributed by atoms with Crippen LogP contribution >= 0.6 is 11.6 Å². The van der Waals surface area contributed by atoms with Gasteiger partial charge in [0.05, 0.1) is 22.0 Å². The summed E-state index contributed by atoms with van der Waals surface area (Å²) in [6.07, 6.45) is 1.46. The molecule has 0 N–H and O–H groups in total. The van der Waals surface area contributed by atoms with Gasteiger partial charge in [0.2, 0.25) is 0 Å². The summed E-state index contributed by atoms with van der Waals surface area (Å²) in [5.74, 6) is 0.457. The Labute approximate surface area is 190 Å². The lowest BCUT2D eigenvalue weighted by Crippen LogP contribution is -2.38. The van der Waals surface area contributed by atoms with Crippen LogP contribution in [0.4, 0.5) is 10.1 Å². The molecule has 8 heteroatoms. The third-order valence-corrected chi connectivity index (χ3v) is 5.85. The van der Waals surface area contributed by atoms with Gasteiger partial charge in [0.25, 0.3) is 5.56 Å². The van der Waals surface area contributed by atoms with Gasteiger partial charge in [-0.25, -0.2) is 9.37 Å². The van der Waals surface area contributed by atoms with E-state index < -0.39 is 5.82 Å². The maximum Gasteiger partial charge on any atom is 0.258 e. The molecule has 4 rings (SSSR count). The lowest BCUT2D eigenvalue weighted by atomic mass is 10.1. The number of aromatic nitrogens is 2. The molecular formula is C24H22ClFN4O2. The van der Waals surface area contributed by atoms with Gasteiger partial charge in [0.1, 0.15) is 29.6 Å². The molecule has 1 fully saturated rings. The van der Waals surface area contributed by atoms with Gasteiger partial charge in [0.15, 0.2) is 0 Å². The summed E-state index contributed by atoms with van der Waals surface area (Å²) in [6.45, 7) is 5.04. The van der Waals surface area contributed by atoms with E-state index in [0.29, 0.717) is 28.0 Å². The van der Waals surface area contributed by atoms with E-state index in [0.717, 1.165) is 31.6 Å². The number of hydrogen-bond donors (Lipinski definition) is 0. The SMILES string of the molecule is Cc1cc(=O)n(-c2ccc(N3CCC(Oc4ccc(C#N)c(F)c4)CC3)c(Cl)c2)c(C)n1. The van der Waals surface area contributed by atoms with Crippen molar-refractivity contribution in [3.63, 3.8) is 0 Å². The first-order valence-electron chi connectivity index (χ1n) is 10.3. The van der Waals surface area contributed by atoms with Crippen molar-refractivity contribution in [3.05, 3.63) is 80.7 Å². The van der Waals surface area contributed by atoms with E-state index >= 15 is 0 Å². The summed E-state index contributed by atoms with van der Waals surface area (Å²) in [5.41, 5.74) is 2.11. The average Bonchev–Trinajstić information content (AvgIpc) is 2.74. The number of nitriles is 1. The van der Waals surface area contributed by atoms with Crippen LogP contribution in [0.15, 0.2) is 47.3 Å². The van der Waals surface area contributed by atoms with Crippen LogP contribution in [0.3, 0.4) is 0 Å². The molecule has 0 saturated carbocycles. The van der Waals surface area contributed by atoms with Crippen molar-refractivity contribution < 1.29 is 9.13 Å². The van der Waals surface area contributed by atoms with Gasteiger partial charge in [0, 0.05) is 43.8 Å². The second-order valence-electron chi connectivity index (χ2n) is 7.81. The van der Waals surface area contributed by atoms with Crippen LogP contribution in [-0.2, 0) is 0 Å². The smallest absolute Gasteiger partial charge is 0.258 e. The molecule has 0 radical (unpaired) electrons. The molecule has 1 aromatic heterocycles. The molecule has 1 saturated heterocycles. The molecule has 1 aliphatic heterocycles. The van der Waals surface area contributed by atoms with Crippen LogP contribution in [0.25, 0.3) is 5.69 Å². The van der Waals surface area contributed by atoms with Gasteiger partial charge in [-0.2, -0.15) is 5.26 Å². The molecule has 3 aromatic rings. The second-order valence-corrected chi connectivity index (χ2v) is 8.22. The molecule has 0 atom stereocenters. The maximum atomic E-state index is 13.8. The Kier molecular flexibility index (Phi) is 6.15. The molecular weight excluding hydrogens is 431 g/mol. The highest BCUT2D eigenvalue weighted by atomic mass is 35.5. The van der Waals surface area contributed by atoms with Gasteiger partial charge in [-0.15, -0.1) is 0 Å². The van der Waals surface area contributed by atoms with E-state index in [1.54, 1.807) is 36.6 Å². The number of ether oxygens (including phenoxy) is 1. The number of nitrogens with zero attached hydrogens (tertiary/aromatic N) is 4. The normalized spacial score (nSPS) is 14.3. The standard InChI is InChI=1S/C24H22ClFN4O2/c1-15-11-24(31)30(16(2)28-15)18-4-6-23(21(25)12-18)29-9-7-19(8-10-29)32-20-5-3-17(14-27)22(26)13-20/h3-6,11-13,19H,7-10H2,1-2H3. The highest BCUT2D eigenvalue weighted by Crippen LogP contribution is 2.31. The minimum Gasteiger partial charge on any atom is -0.490 e. The van der Waals surface area contributed by atoms with Crippen molar-refractivity contribution in [2.24, 2.45) is 0 Å². The minimum atomic E-state index is -0.576. The molecule has 1 aliphatic rings. The Morgan fingerprint density at radius 1 is 1.16 bits per heavy atom. The zero-order valence-electron chi connectivity index (χ0n) is 17.8. The molecule has 0 aliphatic carbocycles. The van der Waals surface area contributed by atoms with Crippen LogP contribution in [0, 0.1) is 31.0 Å². The molecule has 6 nitrogen and oxygen atoms in total. The van der Waals surface area contributed by atoms with E-state index in [4.69, 9.17) is 21.6 Å². The zero-order chi connectivity index (χ0) is 22.8. The Hall–Kier alpha value is -3.37. The van der Waals surface area contributed by atoms with Crippen LogP contribution < -0.4 is 15.2 Å². The lowest BCUT2D eigenvalue weighted by Gasteiger charge is -2.34. The Morgan fingerprint density at radius 3 is 2.53 bits per heavy atom. The topological polar surface area (TPSA) is 71.2 Å². The number of benzene rings is 2. The maximum absolute atomic E-state index is 13.8. The predicted octanol–water partition coefficient (Wildman–Crippen LogP) is 4.56. The zero-order valence-corrected chi connectivity index (χ0v) is 18.6. The van der Waals surface area contributed by atoms with Gasteiger partial charge in [-0.1, -0.05) is 11.6 Å². The Morgan fingerprint density at radius 2 is 1.91 bits per heavy atom. The first-order chi connectivity index (χ1) is 15.4. The summed E-state index contributed by atoms with van der Waals surface area (Å²) in [6, 6.07) is 13.2. The number of hydrogen-bond acceptors (Lipinski definition) is 5. The highest BCUT2D eigenvalue weighted by Gasteiger charge is 2.23. The van der Waals surface area contributed by atoms with Crippen molar-refractivity contribution in [1.82, 2.24) is 9.55 Å². The van der Waals surface area contributed by atoms with Gasteiger partial charge >= 0.3 is 0 Å². The summed E-state index contributed by atoms with van der Waals surface area (Å²) >= 11 is 6.58. The van der Waals surface area contributed by atoms with Crippen LogP contribution in [-0.4, -0.2) is 28.7 Å². The average molecular weight is 453 g/mol. The van der Waals surface area contributed by atoms with Crippen molar-refractivity contribution in [2.45, 2.75) is 32.8 Å². The first-order valence-corrected chi connectivity index (χ1v) is 10.7. The molecule has 164 valence electrons. The highest BCUT2D eigenvalue weighted by molar-refractivity contribution is 6.33. The molecule has 0 spiro atoms. The number of piperidine rings is 1. The third-order valence-electron chi connectivity index (χ3n) is 5.55. The lowest BCUT2D eigenvalue weighted by molar-refractivity contribution is 0.170. The number of anilines is 1. The Balaban J connectivity index is 1.45. The molecule has 0 bridgehead atoms. The summed E-state index contributed by atoms with van der Waals surface area (Å²) in [4.78, 5) is 19.0. The molecule has 0 unspecified atom stereocenters. The minimum absolute atomic E-state index is 0.00383. The fourth-order valence-electron chi connectivity index (χ4n) is 4.01. The molecule has 2 heterocycles. The summed E-state index contributed by atoms with van der Waals surface area (Å²) in [5, 5.41) is 9.40. The molecule has 0 amide bonds. The van der Waals surface area contributed by atoms with Crippen molar-refractivity contribution in [2.75, 3.05) is 18.0 Å². The van der Waals surface area contributed by atoms with Crippen molar-refractivity contribution in [3.8, 4) is 17.5 Å². The van der Waals surface area contributed by atoms with E-state index in [2.05, 4.69) is 9.88 Å². The van der Waals surface area contributed by atoms with Crippen LogP contribution in [0.1, 0.15) is 29.9 Å². The number of rotatable bonds is 4. The Bertz CT molecular complexity index is 1260. The largest absolute Gasteiger partial charge is 0.490 e. The fourth-order valence-corrected chi connectivity index (χ4v) is 4.31. The quantitative estimate of drug-likeness (QED) is 0.580. The molecule has 32 heavy (non-hydrogen) atoms. The van der Waals surface area contributed by atoms with E-state index in [9.17, 15) is 9.18 Å². The van der Waals surface area contributed by atoms with Crippen LogP contribution in [0.5, 0.6) is 5.75 Å². The van der Waals surface area contributed by atoms with Crippen molar-refractivity contribution in [1.29, 1.82) is 5.26 Å². The van der Waals surface area contributed by atoms with Crippen molar-refractivity contribution >= 4 is 17.3 Å². The fraction of sp³-hybridized carbons (Fsp3) is 0.292. The monoisotopic (exact) mass is 452 g/mol. The van der Waals surface area contributed by atoms with E-state index in [-0.39, 0.29) is 17.2 Å². The van der Waals surface area contributed by atoms with E-state index in [1.807, 2.05) is 12.1 Å². The van der Waals surface area contributed by atoms with Crippen LogP contribution in [0.2, 0.25) is 5.02 Å².